The summed E-state index contributed by atoms with van der Waals surface area (Å²) in [4.78, 5) is 10.1. The van der Waals surface area contributed by atoms with E-state index in [2.05, 4.69) is 17.6 Å². The van der Waals surface area contributed by atoms with E-state index in [0.717, 1.165) is 0 Å². The molecule has 0 unspecified atom stereocenters. The van der Waals surface area contributed by atoms with Gasteiger partial charge in [-0.3, -0.25) is 0 Å². The lowest BCUT2D eigenvalue weighted by Gasteiger charge is -1.96. The zero-order chi connectivity index (χ0) is 5.70. The third kappa shape index (κ3) is 3.09. The fourth-order valence-corrected chi connectivity index (χ4v) is 0.202. The van der Waals surface area contributed by atoms with Crippen molar-refractivity contribution in [1.82, 2.24) is 10.6 Å². The Kier molecular flexibility index (Phi) is 3.10. The minimum atomic E-state index is -0.185. The highest BCUT2D eigenvalue weighted by atomic mass is 16.2. The van der Waals surface area contributed by atoms with Crippen LogP contribution in [-0.2, 0) is 0 Å². The molecule has 3 nitrogen and oxygen atoms in total. The second-order valence-corrected chi connectivity index (χ2v) is 1.01. The summed E-state index contributed by atoms with van der Waals surface area (Å²) in [5, 5.41) is 4.81. The van der Waals surface area contributed by atoms with E-state index >= 15 is 0 Å². The Hall–Kier alpha value is -0.730. The molecule has 0 aliphatic heterocycles. The summed E-state index contributed by atoms with van der Waals surface area (Å²) in [5.74, 6) is 0. The SMILES string of the molecule is [CH2]CNC(=O)NC. The van der Waals surface area contributed by atoms with Crippen molar-refractivity contribution in [3.63, 3.8) is 0 Å². The molecule has 41 valence electrons. The van der Waals surface area contributed by atoms with Crippen LogP contribution < -0.4 is 10.6 Å². The van der Waals surface area contributed by atoms with Gasteiger partial charge in [-0.15, -0.1) is 0 Å². The van der Waals surface area contributed by atoms with Crippen LogP contribution >= 0.6 is 0 Å². The predicted octanol–water partition coefficient (Wildman–Crippen LogP) is -0.251. The molecule has 0 bridgehead atoms. The molecule has 0 heterocycles. The monoisotopic (exact) mass is 101 g/mol. The van der Waals surface area contributed by atoms with Crippen molar-refractivity contribution in [3.8, 4) is 0 Å². The second-order valence-electron chi connectivity index (χ2n) is 1.01. The number of amides is 2. The van der Waals surface area contributed by atoms with Crippen molar-refractivity contribution >= 4 is 6.03 Å². The number of carbonyl (C=O) groups excluding carboxylic acids is 1. The molecule has 0 aromatic rings. The summed E-state index contributed by atoms with van der Waals surface area (Å²) in [7, 11) is 1.56. The van der Waals surface area contributed by atoms with Crippen LogP contribution in [0.2, 0.25) is 0 Å². The first-order valence-corrected chi connectivity index (χ1v) is 2.06. The van der Waals surface area contributed by atoms with Crippen molar-refractivity contribution < 1.29 is 4.79 Å². The van der Waals surface area contributed by atoms with E-state index in [9.17, 15) is 4.79 Å². The van der Waals surface area contributed by atoms with Gasteiger partial charge in [0.25, 0.3) is 0 Å². The maximum atomic E-state index is 10.1. The number of hydrogen-bond donors (Lipinski definition) is 2. The van der Waals surface area contributed by atoms with E-state index in [1.165, 1.54) is 0 Å². The average Bonchev–Trinajstić information content (AvgIpc) is 1.68. The molecule has 1 radical (unpaired) electrons. The molecule has 2 amide bonds. The van der Waals surface area contributed by atoms with Crippen LogP contribution in [-0.4, -0.2) is 19.6 Å². The van der Waals surface area contributed by atoms with Crippen LogP contribution in [0.25, 0.3) is 0 Å². The molecule has 3 heteroatoms. The van der Waals surface area contributed by atoms with Gasteiger partial charge < -0.3 is 10.6 Å². The van der Waals surface area contributed by atoms with Gasteiger partial charge in [0.15, 0.2) is 0 Å². The van der Waals surface area contributed by atoms with Gasteiger partial charge in [0.1, 0.15) is 0 Å². The van der Waals surface area contributed by atoms with Crippen LogP contribution in [0.5, 0.6) is 0 Å². The Morgan fingerprint density at radius 3 is 2.57 bits per heavy atom. The third-order valence-electron chi connectivity index (χ3n) is 0.513. The minimum Gasteiger partial charge on any atom is -0.341 e. The number of nitrogens with one attached hydrogen (secondary N) is 2. The lowest BCUT2D eigenvalue weighted by Crippen LogP contribution is -2.32. The van der Waals surface area contributed by atoms with Crippen LogP contribution in [0, 0.1) is 6.92 Å². The highest BCUT2D eigenvalue weighted by Crippen LogP contribution is 1.55. The molecule has 0 aliphatic rings. The molecule has 7 heavy (non-hydrogen) atoms. The average molecular weight is 101 g/mol. The maximum absolute atomic E-state index is 10.1. The predicted molar refractivity (Wildman–Crippen MR) is 27.8 cm³/mol. The molecule has 0 saturated heterocycles. The molecule has 0 rings (SSSR count). The lowest BCUT2D eigenvalue weighted by atomic mass is 10.7. The van der Waals surface area contributed by atoms with Crippen LogP contribution in [0.3, 0.4) is 0 Å². The Morgan fingerprint density at radius 2 is 2.43 bits per heavy atom. The van der Waals surface area contributed by atoms with Gasteiger partial charge in [-0.05, 0) is 6.92 Å². The summed E-state index contributed by atoms with van der Waals surface area (Å²) in [6.07, 6.45) is 0. The Balaban J connectivity index is 3.00. The zero-order valence-electron chi connectivity index (χ0n) is 4.32. The Morgan fingerprint density at radius 1 is 1.86 bits per heavy atom. The van der Waals surface area contributed by atoms with Crippen molar-refractivity contribution in [1.29, 1.82) is 0 Å². The summed E-state index contributed by atoms with van der Waals surface area (Å²) in [5.41, 5.74) is 0. The summed E-state index contributed by atoms with van der Waals surface area (Å²) < 4.78 is 0. The smallest absolute Gasteiger partial charge is 0.314 e. The molecule has 0 atom stereocenters. The van der Waals surface area contributed by atoms with E-state index in [-0.39, 0.29) is 6.03 Å². The highest BCUT2D eigenvalue weighted by molar-refractivity contribution is 5.73. The van der Waals surface area contributed by atoms with E-state index in [0.29, 0.717) is 6.54 Å². The highest BCUT2D eigenvalue weighted by Gasteiger charge is 1.86. The molecule has 0 aromatic carbocycles. The standard InChI is InChI=1S/C4H9N2O/c1-3-6-4(7)5-2/h1,3H2,2H3,(H2,5,6,7). The first-order valence-electron chi connectivity index (χ1n) is 2.06. The third-order valence-corrected chi connectivity index (χ3v) is 0.513. The zero-order valence-corrected chi connectivity index (χ0v) is 4.32. The van der Waals surface area contributed by atoms with Crippen LogP contribution in [0.15, 0.2) is 0 Å². The summed E-state index contributed by atoms with van der Waals surface area (Å²) in [6, 6.07) is -0.185. The fourth-order valence-electron chi connectivity index (χ4n) is 0.202. The quantitative estimate of drug-likeness (QED) is 0.470. The van der Waals surface area contributed by atoms with Crippen LogP contribution in [0.4, 0.5) is 4.79 Å². The molecular formula is C4H9N2O. The Bertz CT molecular complexity index is 62.7. The van der Waals surface area contributed by atoms with Crippen molar-refractivity contribution in [2.24, 2.45) is 0 Å². The first-order chi connectivity index (χ1) is 3.31. The van der Waals surface area contributed by atoms with Gasteiger partial charge in [0, 0.05) is 13.6 Å². The largest absolute Gasteiger partial charge is 0.341 e. The van der Waals surface area contributed by atoms with Crippen molar-refractivity contribution in [2.75, 3.05) is 13.6 Å². The topological polar surface area (TPSA) is 41.1 Å². The van der Waals surface area contributed by atoms with Gasteiger partial charge in [-0.2, -0.15) is 0 Å². The molecule has 0 spiro atoms. The maximum Gasteiger partial charge on any atom is 0.314 e. The van der Waals surface area contributed by atoms with Crippen LogP contribution in [0.1, 0.15) is 0 Å². The van der Waals surface area contributed by atoms with Gasteiger partial charge in [0.05, 0.1) is 0 Å². The lowest BCUT2D eigenvalue weighted by molar-refractivity contribution is 0.244. The van der Waals surface area contributed by atoms with E-state index in [4.69, 9.17) is 0 Å². The van der Waals surface area contributed by atoms with Crippen molar-refractivity contribution in [2.45, 2.75) is 0 Å². The second kappa shape index (κ2) is 3.46. The molecule has 0 saturated carbocycles. The number of carbonyl (C=O) groups is 1. The summed E-state index contributed by atoms with van der Waals surface area (Å²) >= 11 is 0. The number of hydrogen-bond acceptors (Lipinski definition) is 1. The molecule has 0 aromatic heterocycles. The molecule has 0 fully saturated rings. The fraction of sp³-hybridized carbons (Fsp3) is 0.500. The van der Waals surface area contributed by atoms with E-state index in [1.807, 2.05) is 0 Å². The van der Waals surface area contributed by atoms with Gasteiger partial charge in [-0.1, -0.05) is 0 Å². The van der Waals surface area contributed by atoms with Gasteiger partial charge in [0.2, 0.25) is 0 Å². The molecule has 2 N–H and O–H groups in total. The van der Waals surface area contributed by atoms with E-state index in [1.54, 1.807) is 7.05 Å². The van der Waals surface area contributed by atoms with Crippen molar-refractivity contribution in [3.05, 3.63) is 6.92 Å². The first kappa shape index (κ1) is 6.27. The molecular weight excluding hydrogens is 92.1 g/mol. The van der Waals surface area contributed by atoms with E-state index < -0.39 is 0 Å². The number of urea groups is 1. The minimum absolute atomic E-state index is 0.185. The van der Waals surface area contributed by atoms with Gasteiger partial charge in [-0.25, -0.2) is 4.79 Å². The number of rotatable bonds is 1. The summed E-state index contributed by atoms with van der Waals surface area (Å²) in [6.45, 7) is 3.83. The van der Waals surface area contributed by atoms with Gasteiger partial charge >= 0.3 is 6.03 Å². The Labute approximate surface area is 43.1 Å². The normalized spacial score (nSPS) is 7.71. The molecule has 0 aliphatic carbocycles.